The number of benzene rings is 1. The van der Waals surface area contributed by atoms with Crippen LogP contribution in [0, 0.1) is 0 Å². The standard InChI is InChI=1S/C23H36N2O/c1-21(20-8-4-3-5-9-20)10-11-22(2)18-23(26,13-17-25(22)19-21)12-16-24-14-6-7-15-24/h3-5,8-9,26H,6-7,10-19H2,1-2H3. The van der Waals surface area contributed by atoms with Gasteiger partial charge < -0.3 is 10.0 Å². The highest BCUT2D eigenvalue weighted by Crippen LogP contribution is 2.47. The van der Waals surface area contributed by atoms with Crippen molar-refractivity contribution in [3.05, 3.63) is 35.9 Å². The van der Waals surface area contributed by atoms with Crippen LogP contribution in [-0.2, 0) is 5.41 Å². The molecule has 26 heavy (non-hydrogen) atoms. The summed E-state index contributed by atoms with van der Waals surface area (Å²) in [5, 5.41) is 11.3. The number of fused-ring (bicyclic) bond motifs is 1. The molecule has 1 aromatic carbocycles. The lowest BCUT2D eigenvalue weighted by molar-refractivity contribution is -0.112. The Morgan fingerprint density at radius 1 is 0.962 bits per heavy atom. The van der Waals surface area contributed by atoms with Gasteiger partial charge in [-0.15, -0.1) is 0 Å². The topological polar surface area (TPSA) is 26.7 Å². The highest BCUT2D eigenvalue weighted by atomic mass is 16.3. The molecule has 4 rings (SSSR count). The Bertz CT molecular complexity index is 614. The Morgan fingerprint density at radius 3 is 2.42 bits per heavy atom. The molecule has 3 heterocycles. The van der Waals surface area contributed by atoms with Crippen LogP contribution in [0.1, 0.15) is 64.4 Å². The molecule has 3 unspecified atom stereocenters. The Labute approximate surface area is 159 Å². The van der Waals surface area contributed by atoms with Crippen molar-refractivity contribution in [2.24, 2.45) is 0 Å². The monoisotopic (exact) mass is 356 g/mol. The van der Waals surface area contributed by atoms with Gasteiger partial charge in [0.2, 0.25) is 0 Å². The van der Waals surface area contributed by atoms with Crippen LogP contribution in [0.3, 0.4) is 0 Å². The average Bonchev–Trinajstić information content (AvgIpc) is 3.16. The SMILES string of the molecule is CC1(c2ccccc2)CCC2(C)CC(O)(CCN3CCCC3)CCN2C1. The van der Waals surface area contributed by atoms with E-state index >= 15 is 0 Å². The number of hydrogen-bond acceptors (Lipinski definition) is 3. The lowest BCUT2D eigenvalue weighted by Gasteiger charge is -2.57. The Balaban J connectivity index is 1.42. The Morgan fingerprint density at radius 2 is 1.69 bits per heavy atom. The summed E-state index contributed by atoms with van der Waals surface area (Å²) in [6.07, 6.45) is 7.90. The first-order valence-electron chi connectivity index (χ1n) is 10.7. The zero-order chi connectivity index (χ0) is 18.3. The minimum absolute atomic E-state index is 0.159. The van der Waals surface area contributed by atoms with Crippen molar-refractivity contribution in [1.29, 1.82) is 0 Å². The van der Waals surface area contributed by atoms with Crippen molar-refractivity contribution in [2.45, 2.75) is 75.3 Å². The van der Waals surface area contributed by atoms with Gasteiger partial charge in [-0.05, 0) is 70.5 Å². The van der Waals surface area contributed by atoms with E-state index < -0.39 is 5.60 Å². The van der Waals surface area contributed by atoms with Gasteiger partial charge in [-0.1, -0.05) is 37.3 Å². The van der Waals surface area contributed by atoms with Crippen LogP contribution in [0.2, 0.25) is 0 Å². The largest absolute Gasteiger partial charge is 0.390 e. The molecule has 3 aliphatic heterocycles. The van der Waals surface area contributed by atoms with Crippen LogP contribution in [0.15, 0.2) is 30.3 Å². The summed E-state index contributed by atoms with van der Waals surface area (Å²) in [7, 11) is 0. The maximum Gasteiger partial charge on any atom is 0.0689 e. The van der Waals surface area contributed by atoms with Gasteiger partial charge in [-0.2, -0.15) is 0 Å². The lowest BCUT2D eigenvalue weighted by atomic mass is 9.65. The molecule has 3 fully saturated rings. The minimum Gasteiger partial charge on any atom is -0.390 e. The highest BCUT2D eigenvalue weighted by Gasteiger charge is 2.50. The van der Waals surface area contributed by atoms with Crippen molar-refractivity contribution < 1.29 is 5.11 Å². The second kappa shape index (κ2) is 6.92. The molecular weight excluding hydrogens is 320 g/mol. The molecule has 0 aliphatic carbocycles. The van der Waals surface area contributed by atoms with E-state index in [0.717, 1.165) is 38.9 Å². The predicted molar refractivity (Wildman–Crippen MR) is 107 cm³/mol. The summed E-state index contributed by atoms with van der Waals surface area (Å²) >= 11 is 0. The molecular formula is C23H36N2O. The number of aliphatic hydroxyl groups is 1. The fourth-order valence-corrected chi connectivity index (χ4v) is 5.75. The number of hydrogen-bond donors (Lipinski definition) is 1. The van der Waals surface area contributed by atoms with Crippen molar-refractivity contribution in [1.82, 2.24) is 9.80 Å². The van der Waals surface area contributed by atoms with Gasteiger partial charge >= 0.3 is 0 Å². The average molecular weight is 357 g/mol. The lowest BCUT2D eigenvalue weighted by Crippen LogP contribution is -2.63. The van der Waals surface area contributed by atoms with Gasteiger partial charge in [-0.25, -0.2) is 0 Å². The maximum atomic E-state index is 11.3. The molecule has 0 bridgehead atoms. The van der Waals surface area contributed by atoms with Gasteiger partial charge in [-0.3, -0.25) is 4.90 Å². The zero-order valence-corrected chi connectivity index (χ0v) is 16.7. The van der Waals surface area contributed by atoms with E-state index in [2.05, 4.69) is 54.0 Å². The first kappa shape index (κ1) is 18.5. The summed E-state index contributed by atoms with van der Waals surface area (Å²) in [5.74, 6) is 0. The molecule has 1 N–H and O–H groups in total. The summed E-state index contributed by atoms with van der Waals surface area (Å²) in [4.78, 5) is 5.23. The molecule has 3 atom stereocenters. The molecule has 0 radical (unpaired) electrons. The molecule has 3 heteroatoms. The quantitative estimate of drug-likeness (QED) is 0.889. The van der Waals surface area contributed by atoms with Crippen molar-refractivity contribution in [2.75, 3.05) is 32.7 Å². The van der Waals surface area contributed by atoms with Crippen LogP contribution >= 0.6 is 0 Å². The first-order chi connectivity index (χ1) is 12.4. The first-order valence-corrected chi connectivity index (χ1v) is 10.7. The second-order valence-corrected chi connectivity index (χ2v) is 9.80. The zero-order valence-electron chi connectivity index (χ0n) is 16.7. The highest BCUT2D eigenvalue weighted by molar-refractivity contribution is 5.27. The Kier molecular flexibility index (Phi) is 4.92. The van der Waals surface area contributed by atoms with Gasteiger partial charge in [0.1, 0.15) is 0 Å². The molecule has 1 aromatic rings. The Hall–Kier alpha value is -0.900. The predicted octanol–water partition coefficient (Wildman–Crippen LogP) is 3.81. The molecule has 0 aromatic heterocycles. The normalized spacial score (nSPS) is 39.0. The summed E-state index contributed by atoms with van der Waals surface area (Å²) in [6, 6.07) is 11.0. The number of rotatable bonds is 4. The van der Waals surface area contributed by atoms with E-state index in [9.17, 15) is 5.11 Å². The number of likely N-dealkylation sites (tertiary alicyclic amines) is 1. The minimum atomic E-state index is -0.464. The third kappa shape index (κ3) is 3.58. The molecule has 144 valence electrons. The van der Waals surface area contributed by atoms with Crippen LogP contribution in [0.25, 0.3) is 0 Å². The summed E-state index contributed by atoms with van der Waals surface area (Å²) in [6.45, 7) is 10.5. The van der Waals surface area contributed by atoms with Crippen molar-refractivity contribution >= 4 is 0 Å². The van der Waals surface area contributed by atoms with E-state index in [1.165, 1.54) is 44.3 Å². The van der Waals surface area contributed by atoms with Gasteiger partial charge in [0.05, 0.1) is 5.60 Å². The molecule has 0 amide bonds. The van der Waals surface area contributed by atoms with Crippen LogP contribution in [0.4, 0.5) is 0 Å². The molecule has 3 nitrogen and oxygen atoms in total. The number of piperidine rings is 2. The van der Waals surface area contributed by atoms with E-state index in [4.69, 9.17) is 0 Å². The summed E-state index contributed by atoms with van der Waals surface area (Å²) < 4.78 is 0. The maximum absolute atomic E-state index is 11.3. The van der Waals surface area contributed by atoms with E-state index in [-0.39, 0.29) is 11.0 Å². The van der Waals surface area contributed by atoms with Crippen LogP contribution in [-0.4, -0.2) is 58.8 Å². The smallest absolute Gasteiger partial charge is 0.0689 e. The molecule has 0 spiro atoms. The second-order valence-electron chi connectivity index (χ2n) is 9.80. The molecule has 3 saturated heterocycles. The van der Waals surface area contributed by atoms with Crippen LogP contribution < -0.4 is 0 Å². The molecule has 3 aliphatic rings. The molecule has 0 saturated carbocycles. The summed E-state index contributed by atoms with van der Waals surface area (Å²) in [5.41, 5.74) is 1.41. The van der Waals surface area contributed by atoms with E-state index in [1.807, 2.05) is 0 Å². The fraction of sp³-hybridized carbons (Fsp3) is 0.739. The number of nitrogens with zero attached hydrogens (tertiary/aromatic N) is 2. The van der Waals surface area contributed by atoms with Gasteiger partial charge in [0.25, 0.3) is 0 Å². The van der Waals surface area contributed by atoms with Gasteiger partial charge in [0, 0.05) is 30.6 Å². The van der Waals surface area contributed by atoms with E-state index in [1.54, 1.807) is 0 Å². The third-order valence-corrected chi connectivity index (χ3v) is 7.64. The fourth-order valence-electron chi connectivity index (χ4n) is 5.75. The van der Waals surface area contributed by atoms with Crippen molar-refractivity contribution in [3.8, 4) is 0 Å². The van der Waals surface area contributed by atoms with Crippen LogP contribution in [0.5, 0.6) is 0 Å². The third-order valence-electron chi connectivity index (χ3n) is 7.64. The van der Waals surface area contributed by atoms with E-state index in [0.29, 0.717) is 0 Å². The van der Waals surface area contributed by atoms with Gasteiger partial charge in [0.15, 0.2) is 0 Å². The van der Waals surface area contributed by atoms with Crippen molar-refractivity contribution in [3.63, 3.8) is 0 Å².